The second kappa shape index (κ2) is 10.2. The Morgan fingerprint density at radius 2 is 1.72 bits per heavy atom. The molecule has 1 heterocycles. The molecule has 2 amide bonds. The number of fused-ring (bicyclic) bond motifs is 2. The summed E-state index contributed by atoms with van der Waals surface area (Å²) in [4.78, 5) is 41.5. The van der Waals surface area contributed by atoms with E-state index in [1.165, 1.54) is 19.2 Å². The third kappa shape index (κ3) is 5.17. The van der Waals surface area contributed by atoms with Gasteiger partial charge >= 0.3 is 12.3 Å². The van der Waals surface area contributed by atoms with E-state index in [1.54, 1.807) is 16.8 Å². The van der Waals surface area contributed by atoms with Crippen molar-refractivity contribution in [2.75, 3.05) is 19.1 Å². The highest BCUT2D eigenvalue weighted by Crippen LogP contribution is 2.50. The monoisotopic (exact) mass is 504 g/mol. The van der Waals surface area contributed by atoms with Crippen molar-refractivity contribution >= 4 is 23.5 Å². The first-order chi connectivity index (χ1) is 17.1. The van der Waals surface area contributed by atoms with Crippen LogP contribution in [-0.4, -0.2) is 49.2 Å². The first kappa shape index (κ1) is 25.5. The molecular formula is C26H27F3N2O5. The Kier molecular flexibility index (Phi) is 7.23. The van der Waals surface area contributed by atoms with Gasteiger partial charge in [-0.2, -0.15) is 0 Å². The molecule has 7 nitrogen and oxygen atoms in total. The van der Waals surface area contributed by atoms with Crippen LogP contribution < -0.4 is 9.64 Å². The number of esters is 1. The minimum absolute atomic E-state index is 0.0131. The van der Waals surface area contributed by atoms with Gasteiger partial charge in [0, 0.05) is 36.7 Å². The zero-order valence-corrected chi connectivity index (χ0v) is 20.0. The van der Waals surface area contributed by atoms with Crippen LogP contribution in [0.25, 0.3) is 0 Å². The molecule has 2 aromatic carbocycles. The Morgan fingerprint density at radius 1 is 1.03 bits per heavy atom. The zero-order chi connectivity index (χ0) is 26.0. The van der Waals surface area contributed by atoms with E-state index in [0.29, 0.717) is 5.69 Å². The van der Waals surface area contributed by atoms with Gasteiger partial charge in [-0.15, -0.1) is 13.2 Å². The number of ether oxygens (including phenoxy) is 2. The van der Waals surface area contributed by atoms with Crippen LogP contribution in [0.4, 0.5) is 18.9 Å². The summed E-state index contributed by atoms with van der Waals surface area (Å²) in [6, 6.07) is 11.8. The van der Waals surface area contributed by atoms with Crippen LogP contribution in [0.5, 0.6) is 5.75 Å². The van der Waals surface area contributed by atoms with E-state index in [-0.39, 0.29) is 48.2 Å². The molecule has 0 N–H and O–H groups in total. The summed E-state index contributed by atoms with van der Waals surface area (Å²) in [5.41, 5.74) is 1.73. The van der Waals surface area contributed by atoms with E-state index < -0.39 is 18.1 Å². The van der Waals surface area contributed by atoms with E-state index in [2.05, 4.69) is 9.47 Å². The van der Waals surface area contributed by atoms with Crippen LogP contribution in [0.3, 0.4) is 0 Å². The molecule has 0 spiro atoms. The normalized spacial score (nSPS) is 20.8. The van der Waals surface area contributed by atoms with Crippen LogP contribution in [0.15, 0.2) is 48.5 Å². The molecule has 4 rings (SSSR count). The Labute approximate surface area is 206 Å². The molecule has 1 fully saturated rings. The highest BCUT2D eigenvalue weighted by atomic mass is 19.4. The number of nitrogens with zero attached hydrogens (tertiary/aromatic N) is 2. The van der Waals surface area contributed by atoms with Crippen LogP contribution in [-0.2, 0) is 14.3 Å². The number of methoxy groups -OCH3 is 1. The molecule has 2 aliphatic rings. The van der Waals surface area contributed by atoms with E-state index in [0.717, 1.165) is 37.0 Å². The van der Waals surface area contributed by atoms with Crippen molar-refractivity contribution in [2.24, 2.45) is 5.92 Å². The maximum absolute atomic E-state index is 13.7. The van der Waals surface area contributed by atoms with Gasteiger partial charge in [0.1, 0.15) is 5.75 Å². The number of anilines is 1. The fraction of sp³-hybridized carbons (Fsp3) is 0.423. The van der Waals surface area contributed by atoms with Crippen molar-refractivity contribution < 1.29 is 37.0 Å². The van der Waals surface area contributed by atoms with Gasteiger partial charge in [-0.3, -0.25) is 14.4 Å². The maximum Gasteiger partial charge on any atom is 0.573 e. The molecular weight excluding hydrogens is 477 g/mol. The molecule has 0 unspecified atom stereocenters. The van der Waals surface area contributed by atoms with Crippen molar-refractivity contribution in [3.8, 4) is 5.75 Å². The molecule has 0 bridgehead atoms. The summed E-state index contributed by atoms with van der Waals surface area (Å²) in [6.07, 6.45) is -2.40. The summed E-state index contributed by atoms with van der Waals surface area (Å²) in [5.74, 6) is -1.39. The summed E-state index contributed by atoms with van der Waals surface area (Å²) in [6.45, 7) is 0. The topological polar surface area (TPSA) is 76.2 Å². The lowest BCUT2D eigenvalue weighted by Crippen LogP contribution is -2.51. The van der Waals surface area contributed by atoms with Gasteiger partial charge in [0.05, 0.1) is 19.6 Å². The van der Waals surface area contributed by atoms with Crippen LogP contribution in [0.1, 0.15) is 54.1 Å². The minimum Gasteiger partial charge on any atom is -0.469 e. The minimum atomic E-state index is -4.82. The summed E-state index contributed by atoms with van der Waals surface area (Å²) >= 11 is 0. The number of rotatable bonds is 6. The summed E-state index contributed by atoms with van der Waals surface area (Å²) in [7, 11) is 2.99. The lowest BCUT2D eigenvalue weighted by molar-refractivity contribution is -0.274. The van der Waals surface area contributed by atoms with Crippen LogP contribution in [0, 0.1) is 5.92 Å². The lowest BCUT2D eigenvalue weighted by Gasteiger charge is -2.46. The van der Waals surface area contributed by atoms with Gasteiger partial charge in [-0.25, -0.2) is 0 Å². The predicted octanol–water partition coefficient (Wildman–Crippen LogP) is 4.87. The zero-order valence-electron chi connectivity index (χ0n) is 20.0. The van der Waals surface area contributed by atoms with Gasteiger partial charge in [-0.05, 0) is 48.7 Å². The molecule has 1 aliphatic carbocycles. The van der Waals surface area contributed by atoms with E-state index in [4.69, 9.17) is 0 Å². The Balaban J connectivity index is 1.64. The number of carbonyl (C=O) groups excluding carboxylic acids is 3. The molecule has 36 heavy (non-hydrogen) atoms. The second-order valence-corrected chi connectivity index (χ2v) is 8.99. The SMILES string of the molecule is COC(=O)CCC(=O)N(C)[C@H]1c2ccccc2N(C(=O)c2ccc(OC(F)(F)F)cc2)[C@@H]2CCC[C@@H]21. The van der Waals surface area contributed by atoms with Crippen molar-refractivity contribution in [1.82, 2.24) is 4.90 Å². The highest BCUT2D eigenvalue weighted by molar-refractivity contribution is 6.07. The fourth-order valence-corrected chi connectivity index (χ4v) is 5.36. The first-order valence-electron chi connectivity index (χ1n) is 11.7. The highest BCUT2D eigenvalue weighted by Gasteiger charge is 2.48. The molecule has 3 atom stereocenters. The van der Waals surface area contributed by atoms with Crippen LogP contribution in [0.2, 0.25) is 0 Å². The third-order valence-electron chi connectivity index (χ3n) is 6.92. The van der Waals surface area contributed by atoms with E-state index >= 15 is 0 Å². The largest absolute Gasteiger partial charge is 0.573 e. The molecule has 10 heteroatoms. The van der Waals surface area contributed by atoms with Gasteiger partial charge in [0.15, 0.2) is 0 Å². The maximum atomic E-state index is 13.7. The molecule has 0 aromatic heterocycles. The number of hydrogen-bond donors (Lipinski definition) is 0. The predicted molar refractivity (Wildman–Crippen MR) is 124 cm³/mol. The molecule has 2 aromatic rings. The van der Waals surface area contributed by atoms with Gasteiger partial charge in [0.2, 0.25) is 5.91 Å². The first-order valence-corrected chi connectivity index (χ1v) is 11.7. The van der Waals surface area contributed by atoms with E-state index in [1.807, 2.05) is 24.3 Å². The van der Waals surface area contributed by atoms with Gasteiger partial charge in [0.25, 0.3) is 5.91 Å². The molecule has 0 saturated heterocycles. The van der Waals surface area contributed by atoms with Gasteiger partial charge < -0.3 is 19.3 Å². The quantitative estimate of drug-likeness (QED) is 0.525. The number of carbonyl (C=O) groups is 3. The number of hydrogen-bond acceptors (Lipinski definition) is 5. The fourth-order valence-electron chi connectivity index (χ4n) is 5.36. The molecule has 1 aliphatic heterocycles. The molecule has 192 valence electrons. The summed E-state index contributed by atoms with van der Waals surface area (Å²) in [5, 5.41) is 0. The number of benzene rings is 2. The van der Waals surface area contributed by atoms with Gasteiger partial charge in [-0.1, -0.05) is 24.6 Å². The third-order valence-corrected chi connectivity index (χ3v) is 6.92. The smallest absolute Gasteiger partial charge is 0.469 e. The van der Waals surface area contributed by atoms with Crippen molar-refractivity contribution in [3.63, 3.8) is 0 Å². The molecule has 1 saturated carbocycles. The van der Waals surface area contributed by atoms with Crippen LogP contribution >= 0.6 is 0 Å². The average Bonchev–Trinajstić information content (AvgIpc) is 3.33. The number of alkyl halides is 3. The van der Waals surface area contributed by atoms with Crippen molar-refractivity contribution in [1.29, 1.82) is 0 Å². The Bertz CT molecular complexity index is 1140. The van der Waals surface area contributed by atoms with Crippen molar-refractivity contribution in [2.45, 2.75) is 50.6 Å². The standard InChI is InChI=1S/C26H27F3N2O5/c1-30(22(32)14-15-23(33)35-2)24-18-6-3-4-8-20(18)31(21-9-5-7-19(21)24)25(34)16-10-12-17(13-11-16)36-26(27,28)29/h3-4,6,8,10-13,19,21,24H,5,7,9,14-15H2,1-2H3/t19-,21+,24-/m0/s1. The lowest BCUT2D eigenvalue weighted by atomic mass is 9.81. The Hall–Kier alpha value is -3.56. The summed E-state index contributed by atoms with van der Waals surface area (Å²) < 4.78 is 46.1. The number of amides is 2. The van der Waals surface area contributed by atoms with Crippen molar-refractivity contribution in [3.05, 3.63) is 59.7 Å². The van der Waals surface area contributed by atoms with E-state index in [9.17, 15) is 27.6 Å². The number of halogens is 3. The Morgan fingerprint density at radius 3 is 2.39 bits per heavy atom. The number of para-hydroxylation sites is 1. The molecule has 0 radical (unpaired) electrons. The average molecular weight is 505 g/mol. The second-order valence-electron chi connectivity index (χ2n) is 8.99.